The molecular formula is C15H29N. The van der Waals surface area contributed by atoms with Crippen molar-refractivity contribution in [2.45, 2.75) is 65.3 Å². The molecule has 1 heteroatoms. The Bertz CT molecular complexity index is 201. The van der Waals surface area contributed by atoms with Gasteiger partial charge in [-0.1, -0.05) is 40.0 Å². The van der Waals surface area contributed by atoms with Crippen molar-refractivity contribution in [1.82, 2.24) is 5.32 Å². The maximum absolute atomic E-state index is 3.79. The van der Waals surface area contributed by atoms with Gasteiger partial charge in [0.1, 0.15) is 0 Å². The van der Waals surface area contributed by atoms with E-state index in [1.54, 1.807) is 0 Å². The van der Waals surface area contributed by atoms with Crippen LogP contribution in [0.15, 0.2) is 0 Å². The van der Waals surface area contributed by atoms with E-state index >= 15 is 0 Å². The van der Waals surface area contributed by atoms with Crippen LogP contribution in [0.25, 0.3) is 0 Å². The van der Waals surface area contributed by atoms with E-state index in [9.17, 15) is 0 Å². The largest absolute Gasteiger partial charge is 0.314 e. The Kier molecular flexibility index (Phi) is 4.29. The van der Waals surface area contributed by atoms with E-state index in [-0.39, 0.29) is 0 Å². The van der Waals surface area contributed by atoms with Crippen LogP contribution in [0.5, 0.6) is 0 Å². The highest BCUT2D eigenvalue weighted by Gasteiger charge is 2.54. The third-order valence-corrected chi connectivity index (χ3v) is 4.93. The summed E-state index contributed by atoms with van der Waals surface area (Å²) < 4.78 is 0. The minimum Gasteiger partial charge on any atom is -0.314 e. The van der Waals surface area contributed by atoms with Gasteiger partial charge in [-0.25, -0.2) is 0 Å². The van der Waals surface area contributed by atoms with Gasteiger partial charge < -0.3 is 5.32 Å². The van der Waals surface area contributed by atoms with Crippen molar-refractivity contribution >= 4 is 0 Å². The molecule has 0 saturated heterocycles. The van der Waals surface area contributed by atoms with Crippen LogP contribution in [0.3, 0.4) is 0 Å². The van der Waals surface area contributed by atoms with Gasteiger partial charge in [0.25, 0.3) is 0 Å². The van der Waals surface area contributed by atoms with Crippen molar-refractivity contribution in [3.8, 4) is 0 Å². The molecule has 16 heavy (non-hydrogen) atoms. The molecule has 94 valence electrons. The molecule has 2 saturated carbocycles. The molecule has 4 atom stereocenters. The van der Waals surface area contributed by atoms with Gasteiger partial charge in [0.2, 0.25) is 0 Å². The summed E-state index contributed by atoms with van der Waals surface area (Å²) >= 11 is 0. The van der Waals surface area contributed by atoms with Gasteiger partial charge >= 0.3 is 0 Å². The molecule has 0 bridgehead atoms. The first kappa shape index (κ1) is 12.4. The van der Waals surface area contributed by atoms with Crippen molar-refractivity contribution in [2.24, 2.45) is 23.7 Å². The normalized spacial score (nSPS) is 36.6. The first-order valence-electron chi connectivity index (χ1n) is 7.53. The number of fused-ring (bicyclic) bond motifs is 1. The summed E-state index contributed by atoms with van der Waals surface area (Å²) in [6, 6.07) is 0.818. The summed E-state index contributed by atoms with van der Waals surface area (Å²) in [6.07, 6.45) is 8.78. The third kappa shape index (κ3) is 2.45. The van der Waals surface area contributed by atoms with Crippen molar-refractivity contribution in [3.05, 3.63) is 0 Å². The van der Waals surface area contributed by atoms with Crippen LogP contribution in [0.1, 0.15) is 59.3 Å². The average molecular weight is 223 g/mol. The van der Waals surface area contributed by atoms with Crippen LogP contribution in [-0.2, 0) is 0 Å². The Balaban J connectivity index is 1.92. The molecule has 0 aromatic heterocycles. The van der Waals surface area contributed by atoms with Crippen LogP contribution < -0.4 is 5.32 Å². The topological polar surface area (TPSA) is 12.0 Å². The van der Waals surface area contributed by atoms with Crippen LogP contribution in [0, 0.1) is 23.7 Å². The minimum absolute atomic E-state index is 0.818. The summed E-state index contributed by atoms with van der Waals surface area (Å²) in [5.74, 6) is 4.10. The van der Waals surface area contributed by atoms with Gasteiger partial charge in [0.05, 0.1) is 0 Å². The molecular weight excluding hydrogens is 194 g/mol. The number of nitrogens with one attached hydrogen (secondary N) is 1. The fraction of sp³-hybridized carbons (Fsp3) is 1.00. The predicted molar refractivity (Wildman–Crippen MR) is 70.5 cm³/mol. The van der Waals surface area contributed by atoms with E-state index < -0.39 is 0 Å². The van der Waals surface area contributed by atoms with Crippen molar-refractivity contribution in [1.29, 1.82) is 0 Å². The molecule has 0 amide bonds. The lowest BCUT2D eigenvalue weighted by Crippen LogP contribution is -2.37. The van der Waals surface area contributed by atoms with Gasteiger partial charge in [0, 0.05) is 6.04 Å². The van der Waals surface area contributed by atoms with Gasteiger partial charge in [-0.2, -0.15) is 0 Å². The van der Waals surface area contributed by atoms with Crippen molar-refractivity contribution in [3.63, 3.8) is 0 Å². The maximum Gasteiger partial charge on any atom is 0.0126 e. The number of rotatable bonds is 6. The SMILES string of the molecule is CCCC(C)C(NCC)C1C2CCCCC21. The van der Waals surface area contributed by atoms with Crippen LogP contribution in [0.4, 0.5) is 0 Å². The van der Waals surface area contributed by atoms with Gasteiger partial charge in [-0.3, -0.25) is 0 Å². The maximum atomic E-state index is 3.79. The Morgan fingerprint density at radius 3 is 2.25 bits per heavy atom. The smallest absolute Gasteiger partial charge is 0.0126 e. The highest BCUT2D eigenvalue weighted by molar-refractivity contribution is 5.05. The van der Waals surface area contributed by atoms with Crippen LogP contribution in [0.2, 0.25) is 0 Å². The lowest BCUT2D eigenvalue weighted by molar-refractivity contribution is 0.309. The summed E-state index contributed by atoms with van der Waals surface area (Å²) in [7, 11) is 0. The molecule has 0 radical (unpaired) electrons. The summed E-state index contributed by atoms with van der Waals surface area (Å²) in [5, 5.41) is 3.79. The molecule has 2 rings (SSSR count). The lowest BCUT2D eigenvalue weighted by atomic mass is 9.91. The molecule has 2 aliphatic carbocycles. The Morgan fingerprint density at radius 2 is 1.75 bits per heavy atom. The zero-order chi connectivity index (χ0) is 11.5. The number of hydrogen-bond acceptors (Lipinski definition) is 1. The van der Waals surface area contributed by atoms with Gasteiger partial charge in [0.15, 0.2) is 0 Å². The first-order chi connectivity index (χ1) is 7.79. The predicted octanol–water partition coefficient (Wildman–Crippen LogP) is 3.84. The summed E-state index contributed by atoms with van der Waals surface area (Å²) in [5.41, 5.74) is 0. The van der Waals surface area contributed by atoms with Gasteiger partial charge in [-0.15, -0.1) is 0 Å². The Hall–Kier alpha value is -0.0400. The fourth-order valence-corrected chi connectivity index (χ4v) is 4.17. The quantitative estimate of drug-likeness (QED) is 0.721. The van der Waals surface area contributed by atoms with Crippen LogP contribution in [-0.4, -0.2) is 12.6 Å². The second-order valence-corrected chi connectivity index (χ2v) is 6.04. The molecule has 1 N–H and O–H groups in total. The average Bonchev–Trinajstić information content (AvgIpc) is 3.00. The van der Waals surface area contributed by atoms with E-state index in [0.29, 0.717) is 0 Å². The van der Waals surface area contributed by atoms with E-state index in [1.165, 1.54) is 38.5 Å². The molecule has 0 aromatic rings. The third-order valence-electron chi connectivity index (χ3n) is 4.93. The highest BCUT2D eigenvalue weighted by Crippen LogP contribution is 2.58. The summed E-state index contributed by atoms with van der Waals surface area (Å²) in [6.45, 7) is 8.19. The van der Waals surface area contributed by atoms with E-state index in [0.717, 1.165) is 36.3 Å². The molecule has 2 fully saturated rings. The van der Waals surface area contributed by atoms with E-state index in [1.807, 2.05) is 0 Å². The second kappa shape index (κ2) is 5.53. The minimum atomic E-state index is 0.818. The molecule has 1 nitrogen and oxygen atoms in total. The molecule has 2 aliphatic rings. The number of hydrogen-bond donors (Lipinski definition) is 1. The standard InChI is InChI=1S/C15H29N/c1-4-8-11(3)15(16-5-2)14-12-9-6-7-10-13(12)14/h11-16H,4-10H2,1-3H3. The zero-order valence-corrected chi connectivity index (χ0v) is 11.3. The molecule has 0 spiro atoms. The Labute approximate surface area is 101 Å². The van der Waals surface area contributed by atoms with Gasteiger partial charge in [-0.05, 0) is 49.5 Å². The Morgan fingerprint density at radius 1 is 1.12 bits per heavy atom. The second-order valence-electron chi connectivity index (χ2n) is 6.04. The zero-order valence-electron chi connectivity index (χ0n) is 11.3. The van der Waals surface area contributed by atoms with Crippen molar-refractivity contribution in [2.75, 3.05) is 6.54 Å². The van der Waals surface area contributed by atoms with Crippen molar-refractivity contribution < 1.29 is 0 Å². The van der Waals surface area contributed by atoms with Crippen LogP contribution >= 0.6 is 0 Å². The lowest BCUT2D eigenvalue weighted by Gasteiger charge is -2.25. The highest BCUT2D eigenvalue weighted by atomic mass is 14.9. The molecule has 0 aliphatic heterocycles. The van der Waals surface area contributed by atoms with E-state index in [4.69, 9.17) is 0 Å². The van der Waals surface area contributed by atoms with E-state index in [2.05, 4.69) is 26.1 Å². The molecule has 4 unspecified atom stereocenters. The summed E-state index contributed by atoms with van der Waals surface area (Å²) in [4.78, 5) is 0. The fourth-order valence-electron chi connectivity index (χ4n) is 4.17. The first-order valence-corrected chi connectivity index (χ1v) is 7.53. The molecule has 0 aromatic carbocycles. The monoisotopic (exact) mass is 223 g/mol. The molecule has 0 heterocycles.